The molecule has 0 aliphatic carbocycles. The van der Waals surface area contributed by atoms with E-state index >= 15 is 0 Å². The predicted octanol–water partition coefficient (Wildman–Crippen LogP) is 1.62. The van der Waals surface area contributed by atoms with Crippen molar-refractivity contribution in [3.05, 3.63) is 18.2 Å². The van der Waals surface area contributed by atoms with E-state index in [9.17, 15) is 0 Å². The molecule has 0 bridgehead atoms. The number of nitrogens with zero attached hydrogens (tertiary/aromatic N) is 4. The Hall–Kier alpha value is -0.910. The summed E-state index contributed by atoms with van der Waals surface area (Å²) in [6.45, 7) is 6.45. The van der Waals surface area contributed by atoms with Crippen molar-refractivity contribution in [2.75, 3.05) is 46.9 Å². The Morgan fingerprint density at radius 3 is 2.90 bits per heavy atom. The van der Waals surface area contributed by atoms with Crippen molar-refractivity contribution in [1.29, 1.82) is 0 Å². The quantitative estimate of drug-likeness (QED) is 0.826. The second-order valence-electron chi connectivity index (χ2n) is 6.79. The molecule has 0 radical (unpaired) electrons. The number of fused-ring (bicyclic) bond motifs is 1. The maximum Gasteiger partial charge on any atom is 0.0951 e. The Labute approximate surface area is 127 Å². The first-order valence-electron chi connectivity index (χ1n) is 8.18. The zero-order chi connectivity index (χ0) is 14.7. The third-order valence-corrected chi connectivity index (χ3v) is 4.76. The van der Waals surface area contributed by atoms with Crippen LogP contribution in [0.2, 0.25) is 0 Å². The second kappa shape index (κ2) is 6.90. The molecule has 1 aromatic rings. The predicted molar refractivity (Wildman–Crippen MR) is 83.3 cm³/mol. The summed E-state index contributed by atoms with van der Waals surface area (Å²) in [6.07, 6.45) is 7.69. The molecule has 0 saturated carbocycles. The summed E-state index contributed by atoms with van der Waals surface area (Å²) in [4.78, 5) is 9.27. The molecule has 0 aromatic carbocycles. The van der Waals surface area contributed by atoms with Gasteiger partial charge in [-0.2, -0.15) is 0 Å². The smallest absolute Gasteiger partial charge is 0.0951 e. The number of hydrogen-bond acceptors (Lipinski definition) is 4. The average Bonchev–Trinajstić information content (AvgIpc) is 2.94. The fourth-order valence-electron chi connectivity index (χ4n) is 3.53. The molecule has 1 saturated heterocycles. The summed E-state index contributed by atoms with van der Waals surface area (Å²) in [5.74, 6) is 0.808. The third kappa shape index (κ3) is 3.84. The van der Waals surface area contributed by atoms with Gasteiger partial charge in [0.25, 0.3) is 0 Å². The van der Waals surface area contributed by atoms with Crippen LogP contribution >= 0.6 is 0 Å². The molecular weight excluding hydrogens is 264 g/mol. The summed E-state index contributed by atoms with van der Waals surface area (Å²) in [6, 6.07) is 0.568. The van der Waals surface area contributed by atoms with Crippen LogP contribution < -0.4 is 0 Å². The van der Waals surface area contributed by atoms with Gasteiger partial charge < -0.3 is 14.2 Å². The lowest BCUT2D eigenvalue weighted by molar-refractivity contribution is 0.0449. The normalized spacial score (nSPS) is 24.4. The van der Waals surface area contributed by atoms with Gasteiger partial charge in [0.15, 0.2) is 0 Å². The Morgan fingerprint density at radius 1 is 1.33 bits per heavy atom. The summed E-state index contributed by atoms with van der Waals surface area (Å²) < 4.78 is 7.87. The molecule has 5 heteroatoms. The van der Waals surface area contributed by atoms with Gasteiger partial charge in [0, 0.05) is 45.1 Å². The van der Waals surface area contributed by atoms with E-state index in [0.29, 0.717) is 6.04 Å². The maximum absolute atomic E-state index is 5.48. The number of rotatable bonds is 5. The van der Waals surface area contributed by atoms with E-state index in [1.54, 1.807) is 0 Å². The molecule has 2 aliphatic heterocycles. The summed E-state index contributed by atoms with van der Waals surface area (Å²) in [5, 5.41) is 0. The molecule has 0 unspecified atom stereocenters. The average molecular weight is 292 g/mol. The Morgan fingerprint density at radius 2 is 2.14 bits per heavy atom. The number of aromatic nitrogens is 2. The van der Waals surface area contributed by atoms with Crippen molar-refractivity contribution in [2.24, 2.45) is 5.92 Å². The first-order valence-corrected chi connectivity index (χ1v) is 8.18. The standard InChI is InChI=1S/C16H28N4O/c1-18(2)6-3-15-11-19(10-14-4-7-21-8-5-14)12-16-9-17-13-20(15)16/h9,13-15H,3-8,10-12H2,1-2H3/t15-/m0/s1. The van der Waals surface area contributed by atoms with Crippen LogP contribution in [0.3, 0.4) is 0 Å². The number of hydrogen-bond donors (Lipinski definition) is 0. The molecule has 1 atom stereocenters. The summed E-state index contributed by atoms with van der Waals surface area (Å²) in [7, 11) is 4.30. The second-order valence-corrected chi connectivity index (χ2v) is 6.79. The van der Waals surface area contributed by atoms with Crippen LogP contribution in [0.1, 0.15) is 31.0 Å². The number of ether oxygens (including phenoxy) is 1. The van der Waals surface area contributed by atoms with E-state index in [1.807, 2.05) is 12.5 Å². The first kappa shape index (κ1) is 15.0. The van der Waals surface area contributed by atoms with Gasteiger partial charge in [-0.15, -0.1) is 0 Å². The van der Waals surface area contributed by atoms with Gasteiger partial charge in [-0.25, -0.2) is 4.98 Å². The first-order chi connectivity index (χ1) is 10.2. The SMILES string of the molecule is CN(C)CC[C@H]1CN(CC2CCOCC2)Cc2cncn21. The molecule has 3 rings (SSSR count). The van der Waals surface area contributed by atoms with Crippen LogP contribution in [-0.2, 0) is 11.3 Å². The van der Waals surface area contributed by atoms with Gasteiger partial charge >= 0.3 is 0 Å². The van der Waals surface area contributed by atoms with Crippen LogP contribution in [0.5, 0.6) is 0 Å². The van der Waals surface area contributed by atoms with Crippen LogP contribution in [0.25, 0.3) is 0 Å². The van der Waals surface area contributed by atoms with Crippen molar-refractivity contribution >= 4 is 0 Å². The van der Waals surface area contributed by atoms with Crippen LogP contribution in [-0.4, -0.2) is 66.3 Å². The van der Waals surface area contributed by atoms with E-state index in [4.69, 9.17) is 4.74 Å². The van der Waals surface area contributed by atoms with Gasteiger partial charge in [0.1, 0.15) is 0 Å². The zero-order valence-corrected chi connectivity index (χ0v) is 13.4. The lowest BCUT2D eigenvalue weighted by Crippen LogP contribution is -2.41. The fraction of sp³-hybridized carbons (Fsp3) is 0.812. The lowest BCUT2D eigenvalue weighted by Gasteiger charge is -2.37. The van der Waals surface area contributed by atoms with Crippen molar-refractivity contribution in [1.82, 2.24) is 19.4 Å². The van der Waals surface area contributed by atoms with Gasteiger partial charge in [-0.1, -0.05) is 0 Å². The van der Waals surface area contributed by atoms with Gasteiger partial charge in [-0.3, -0.25) is 4.90 Å². The van der Waals surface area contributed by atoms with E-state index in [0.717, 1.165) is 38.8 Å². The molecule has 2 aliphatic rings. The minimum absolute atomic E-state index is 0.568. The van der Waals surface area contributed by atoms with Crippen molar-refractivity contribution in [3.63, 3.8) is 0 Å². The van der Waals surface area contributed by atoms with Crippen LogP contribution in [0.4, 0.5) is 0 Å². The van der Waals surface area contributed by atoms with Gasteiger partial charge in [-0.05, 0) is 45.8 Å². The zero-order valence-electron chi connectivity index (χ0n) is 13.4. The molecule has 1 fully saturated rings. The van der Waals surface area contributed by atoms with Crippen molar-refractivity contribution in [2.45, 2.75) is 31.8 Å². The molecule has 0 spiro atoms. The Kier molecular flexibility index (Phi) is 4.93. The maximum atomic E-state index is 5.48. The minimum atomic E-state index is 0.568. The third-order valence-electron chi connectivity index (χ3n) is 4.76. The monoisotopic (exact) mass is 292 g/mol. The van der Waals surface area contributed by atoms with E-state index in [2.05, 4.69) is 33.4 Å². The molecule has 1 aromatic heterocycles. The molecule has 5 nitrogen and oxygen atoms in total. The highest BCUT2D eigenvalue weighted by Crippen LogP contribution is 2.26. The summed E-state index contributed by atoms with van der Waals surface area (Å²) >= 11 is 0. The molecule has 3 heterocycles. The minimum Gasteiger partial charge on any atom is -0.381 e. The Balaban J connectivity index is 1.62. The van der Waals surface area contributed by atoms with Gasteiger partial charge in [0.2, 0.25) is 0 Å². The largest absolute Gasteiger partial charge is 0.381 e. The topological polar surface area (TPSA) is 33.5 Å². The van der Waals surface area contributed by atoms with Gasteiger partial charge in [0.05, 0.1) is 12.0 Å². The lowest BCUT2D eigenvalue weighted by atomic mass is 9.98. The molecular formula is C16H28N4O. The Bertz CT molecular complexity index is 439. The van der Waals surface area contributed by atoms with E-state index < -0.39 is 0 Å². The van der Waals surface area contributed by atoms with E-state index in [-0.39, 0.29) is 0 Å². The highest BCUT2D eigenvalue weighted by atomic mass is 16.5. The van der Waals surface area contributed by atoms with E-state index in [1.165, 1.54) is 31.5 Å². The fourth-order valence-corrected chi connectivity index (χ4v) is 3.53. The van der Waals surface area contributed by atoms with Crippen molar-refractivity contribution in [3.8, 4) is 0 Å². The molecule has 0 amide bonds. The highest BCUT2D eigenvalue weighted by molar-refractivity contribution is 5.04. The highest BCUT2D eigenvalue weighted by Gasteiger charge is 2.27. The molecule has 21 heavy (non-hydrogen) atoms. The van der Waals surface area contributed by atoms with Crippen molar-refractivity contribution < 1.29 is 4.74 Å². The van der Waals surface area contributed by atoms with Crippen LogP contribution in [0.15, 0.2) is 12.5 Å². The summed E-state index contributed by atoms with van der Waals surface area (Å²) in [5.41, 5.74) is 1.37. The molecule has 118 valence electrons. The van der Waals surface area contributed by atoms with Crippen LogP contribution in [0, 0.1) is 5.92 Å². The molecule has 0 N–H and O–H groups in total. The number of imidazole rings is 1.